The Morgan fingerprint density at radius 2 is 2.14 bits per heavy atom. The summed E-state index contributed by atoms with van der Waals surface area (Å²) >= 11 is 1.44. The largest absolute Gasteiger partial charge is 0.467 e. The van der Waals surface area contributed by atoms with Gasteiger partial charge in [-0.3, -0.25) is 4.79 Å². The fraction of sp³-hybridized carbons (Fsp3) is 0.467. The van der Waals surface area contributed by atoms with E-state index in [-0.39, 0.29) is 24.6 Å². The number of nitrogens with zero attached hydrogens (tertiary/aromatic N) is 1. The Labute approximate surface area is 128 Å². The molecule has 1 aromatic rings. The molecule has 1 saturated heterocycles. The van der Waals surface area contributed by atoms with Gasteiger partial charge in [0.25, 0.3) is 0 Å². The van der Waals surface area contributed by atoms with Crippen molar-refractivity contribution in [2.24, 2.45) is 0 Å². The number of β-amino-alcohol motifs (C(OH)–C–C–N with tert-alkyl or cyclic N) is 1. The van der Waals surface area contributed by atoms with Crippen LogP contribution >= 0.6 is 11.8 Å². The quantitative estimate of drug-likeness (QED) is 0.669. The first-order chi connectivity index (χ1) is 10.0. The molecule has 2 rings (SSSR count). The molecule has 0 saturated carbocycles. The third kappa shape index (κ3) is 3.77. The first-order valence-electron chi connectivity index (χ1n) is 6.76. The van der Waals surface area contributed by atoms with Crippen LogP contribution in [0.4, 0.5) is 0 Å². The van der Waals surface area contributed by atoms with Crippen LogP contribution in [0, 0.1) is 6.92 Å². The van der Waals surface area contributed by atoms with E-state index in [0.717, 1.165) is 10.5 Å². The number of hydrogen-bond acceptors (Lipinski definition) is 5. The molecule has 114 valence electrons. The van der Waals surface area contributed by atoms with E-state index in [4.69, 9.17) is 4.74 Å². The standard InChI is InChI=1S/C15H19NO4S/c1-10-5-3-4-6-13(10)21-9-14(18)16-8-11(17)7-12(16)15(19)20-2/h3-6,11-12,17H,7-9H2,1-2H3. The van der Waals surface area contributed by atoms with Gasteiger partial charge in [0.1, 0.15) is 6.04 Å². The molecule has 0 spiro atoms. The zero-order valence-electron chi connectivity index (χ0n) is 12.1. The Bertz CT molecular complexity index is 534. The Hall–Kier alpha value is -1.53. The highest BCUT2D eigenvalue weighted by Crippen LogP contribution is 2.25. The van der Waals surface area contributed by atoms with Gasteiger partial charge in [-0.15, -0.1) is 11.8 Å². The Morgan fingerprint density at radius 1 is 1.43 bits per heavy atom. The van der Waals surface area contributed by atoms with E-state index in [1.54, 1.807) is 0 Å². The summed E-state index contributed by atoms with van der Waals surface area (Å²) in [6.45, 7) is 2.18. The number of esters is 1. The topological polar surface area (TPSA) is 66.8 Å². The number of ether oxygens (including phenoxy) is 1. The molecule has 0 aromatic heterocycles. The lowest BCUT2D eigenvalue weighted by atomic mass is 10.2. The summed E-state index contributed by atoms with van der Waals surface area (Å²) in [4.78, 5) is 26.4. The van der Waals surface area contributed by atoms with Gasteiger partial charge in [0.05, 0.1) is 19.0 Å². The molecule has 0 radical (unpaired) electrons. The Morgan fingerprint density at radius 3 is 2.81 bits per heavy atom. The van der Waals surface area contributed by atoms with Crippen molar-refractivity contribution in [1.82, 2.24) is 4.90 Å². The molecule has 0 bridgehead atoms. The second kappa shape index (κ2) is 6.95. The number of carbonyl (C=O) groups excluding carboxylic acids is 2. The van der Waals surface area contributed by atoms with Crippen LogP contribution in [-0.2, 0) is 14.3 Å². The van der Waals surface area contributed by atoms with E-state index in [0.29, 0.717) is 0 Å². The summed E-state index contributed by atoms with van der Waals surface area (Å²) in [5, 5.41) is 9.68. The van der Waals surface area contributed by atoms with Gasteiger partial charge in [-0.05, 0) is 18.6 Å². The Balaban J connectivity index is 1.99. The minimum atomic E-state index is -0.671. The van der Waals surface area contributed by atoms with Crippen molar-refractivity contribution in [2.75, 3.05) is 19.4 Å². The first-order valence-corrected chi connectivity index (χ1v) is 7.75. The molecule has 5 nitrogen and oxygen atoms in total. The van der Waals surface area contributed by atoms with Crippen LogP contribution < -0.4 is 0 Å². The van der Waals surface area contributed by atoms with E-state index in [2.05, 4.69) is 0 Å². The SMILES string of the molecule is COC(=O)C1CC(O)CN1C(=O)CSc1ccccc1C. The van der Waals surface area contributed by atoms with Gasteiger partial charge in [0.15, 0.2) is 0 Å². The van der Waals surface area contributed by atoms with Crippen LogP contribution in [0.2, 0.25) is 0 Å². The highest BCUT2D eigenvalue weighted by atomic mass is 32.2. The maximum Gasteiger partial charge on any atom is 0.328 e. The summed E-state index contributed by atoms with van der Waals surface area (Å²) in [5.74, 6) is -0.388. The van der Waals surface area contributed by atoms with Gasteiger partial charge in [-0.25, -0.2) is 4.79 Å². The van der Waals surface area contributed by atoms with E-state index < -0.39 is 18.1 Å². The molecule has 6 heteroatoms. The maximum atomic E-state index is 12.3. The van der Waals surface area contributed by atoms with Crippen molar-refractivity contribution < 1.29 is 19.4 Å². The number of aryl methyl sites for hydroxylation is 1. The van der Waals surface area contributed by atoms with Crippen molar-refractivity contribution in [3.8, 4) is 0 Å². The van der Waals surface area contributed by atoms with Crippen molar-refractivity contribution in [2.45, 2.75) is 30.4 Å². The number of methoxy groups -OCH3 is 1. The van der Waals surface area contributed by atoms with Gasteiger partial charge in [0.2, 0.25) is 5.91 Å². The van der Waals surface area contributed by atoms with Crippen LogP contribution in [-0.4, -0.2) is 53.4 Å². The summed E-state index contributed by atoms with van der Waals surface area (Å²) < 4.78 is 4.69. The summed E-state index contributed by atoms with van der Waals surface area (Å²) in [6, 6.07) is 7.16. The first kappa shape index (κ1) is 15.9. The molecule has 1 fully saturated rings. The number of thioether (sulfide) groups is 1. The number of aliphatic hydroxyl groups is 1. The summed E-state index contributed by atoms with van der Waals surface area (Å²) in [7, 11) is 1.29. The summed E-state index contributed by atoms with van der Waals surface area (Å²) in [6.07, 6.45) is -0.422. The van der Waals surface area contributed by atoms with E-state index in [1.165, 1.54) is 23.8 Å². The van der Waals surface area contributed by atoms with Gasteiger partial charge in [0, 0.05) is 17.9 Å². The minimum absolute atomic E-state index is 0.157. The predicted octanol–water partition coefficient (Wildman–Crippen LogP) is 1.22. The number of carbonyl (C=O) groups is 2. The number of rotatable bonds is 4. The molecule has 2 unspecified atom stereocenters. The molecule has 1 aromatic carbocycles. The third-order valence-corrected chi connectivity index (χ3v) is 4.68. The average Bonchev–Trinajstić information content (AvgIpc) is 2.87. The van der Waals surface area contributed by atoms with Crippen LogP contribution in [0.3, 0.4) is 0 Å². The molecule has 21 heavy (non-hydrogen) atoms. The smallest absolute Gasteiger partial charge is 0.328 e. The minimum Gasteiger partial charge on any atom is -0.467 e. The number of likely N-dealkylation sites (tertiary alicyclic amines) is 1. The van der Waals surface area contributed by atoms with Crippen LogP contribution in [0.5, 0.6) is 0 Å². The Kier molecular flexibility index (Phi) is 5.25. The zero-order valence-corrected chi connectivity index (χ0v) is 12.9. The fourth-order valence-corrected chi connectivity index (χ4v) is 3.30. The van der Waals surface area contributed by atoms with Crippen LogP contribution in [0.1, 0.15) is 12.0 Å². The molecule has 1 aliphatic heterocycles. The van der Waals surface area contributed by atoms with Gasteiger partial charge < -0.3 is 14.7 Å². The molecular formula is C15H19NO4S. The monoisotopic (exact) mass is 309 g/mol. The van der Waals surface area contributed by atoms with Gasteiger partial charge in [-0.1, -0.05) is 18.2 Å². The lowest BCUT2D eigenvalue weighted by Crippen LogP contribution is -2.42. The molecule has 1 amide bonds. The predicted molar refractivity (Wildman–Crippen MR) is 80.0 cm³/mol. The van der Waals surface area contributed by atoms with Crippen LogP contribution in [0.25, 0.3) is 0 Å². The number of aliphatic hydroxyl groups excluding tert-OH is 1. The van der Waals surface area contributed by atoms with Crippen molar-refractivity contribution >= 4 is 23.6 Å². The van der Waals surface area contributed by atoms with E-state index in [1.807, 2.05) is 31.2 Å². The van der Waals surface area contributed by atoms with Crippen LogP contribution in [0.15, 0.2) is 29.2 Å². The lowest BCUT2D eigenvalue weighted by molar-refractivity contribution is -0.150. The maximum absolute atomic E-state index is 12.3. The normalized spacial score (nSPS) is 21.4. The second-order valence-electron chi connectivity index (χ2n) is 5.03. The molecule has 0 aliphatic carbocycles. The molecule has 1 aliphatic rings. The van der Waals surface area contributed by atoms with Crippen molar-refractivity contribution in [3.63, 3.8) is 0 Å². The lowest BCUT2D eigenvalue weighted by Gasteiger charge is -2.22. The number of hydrogen-bond donors (Lipinski definition) is 1. The highest BCUT2D eigenvalue weighted by molar-refractivity contribution is 8.00. The third-order valence-electron chi connectivity index (χ3n) is 3.52. The molecule has 1 N–H and O–H groups in total. The van der Waals surface area contributed by atoms with Gasteiger partial charge >= 0.3 is 5.97 Å². The second-order valence-corrected chi connectivity index (χ2v) is 6.05. The fourth-order valence-electron chi connectivity index (χ4n) is 2.39. The average molecular weight is 309 g/mol. The molecular weight excluding hydrogens is 290 g/mol. The van der Waals surface area contributed by atoms with Crippen molar-refractivity contribution in [1.29, 1.82) is 0 Å². The highest BCUT2D eigenvalue weighted by Gasteiger charge is 2.39. The number of amides is 1. The molecule has 1 heterocycles. The van der Waals surface area contributed by atoms with E-state index in [9.17, 15) is 14.7 Å². The van der Waals surface area contributed by atoms with Gasteiger partial charge in [-0.2, -0.15) is 0 Å². The molecule has 2 atom stereocenters. The number of benzene rings is 1. The van der Waals surface area contributed by atoms with E-state index >= 15 is 0 Å². The zero-order chi connectivity index (χ0) is 15.4. The summed E-state index contributed by atoms with van der Waals surface area (Å²) in [5.41, 5.74) is 1.11. The van der Waals surface area contributed by atoms with Crippen molar-refractivity contribution in [3.05, 3.63) is 29.8 Å².